The molecule has 1 fully saturated rings. The maximum Gasteiger partial charge on any atom is 0.193 e. The number of benzene rings is 1. The number of thioether (sulfide) groups is 1. The lowest BCUT2D eigenvalue weighted by molar-refractivity contribution is 0.381. The van der Waals surface area contributed by atoms with Crippen molar-refractivity contribution >= 4 is 17.7 Å². The van der Waals surface area contributed by atoms with Gasteiger partial charge in [0.2, 0.25) is 0 Å². The van der Waals surface area contributed by atoms with E-state index >= 15 is 0 Å². The molecule has 146 valence electrons. The third-order valence-electron chi connectivity index (χ3n) is 4.75. The number of guanidine groups is 1. The lowest BCUT2D eigenvalue weighted by Gasteiger charge is -2.36. The van der Waals surface area contributed by atoms with E-state index in [2.05, 4.69) is 45.9 Å². The summed E-state index contributed by atoms with van der Waals surface area (Å²) in [4.78, 5) is 6.82. The number of halogens is 1. The van der Waals surface area contributed by atoms with Gasteiger partial charge in [-0.05, 0) is 36.2 Å². The Kier molecular flexibility index (Phi) is 6.77. The molecular formula is C20H28FN5S. The molecule has 1 N–H and O–H groups in total. The first kappa shape index (κ1) is 19.7. The van der Waals surface area contributed by atoms with Gasteiger partial charge in [0.05, 0.1) is 11.4 Å². The van der Waals surface area contributed by atoms with Gasteiger partial charge in [-0.3, -0.25) is 4.99 Å². The predicted octanol–water partition coefficient (Wildman–Crippen LogP) is 3.20. The van der Waals surface area contributed by atoms with E-state index in [1.165, 1.54) is 12.1 Å². The van der Waals surface area contributed by atoms with Crippen LogP contribution in [0.2, 0.25) is 0 Å². The zero-order valence-corrected chi connectivity index (χ0v) is 17.0. The van der Waals surface area contributed by atoms with Crippen LogP contribution in [0.3, 0.4) is 0 Å². The van der Waals surface area contributed by atoms with E-state index in [4.69, 9.17) is 0 Å². The summed E-state index contributed by atoms with van der Waals surface area (Å²) in [5, 5.41) is 8.71. The molecule has 1 saturated heterocycles. The molecule has 1 atom stereocenters. The van der Waals surface area contributed by atoms with Crippen LogP contribution < -0.4 is 5.32 Å². The van der Waals surface area contributed by atoms with Gasteiger partial charge in [-0.15, -0.1) is 0 Å². The van der Waals surface area contributed by atoms with Crippen LogP contribution in [-0.2, 0) is 6.42 Å². The largest absolute Gasteiger partial charge is 0.356 e. The highest BCUT2D eigenvalue weighted by Crippen LogP contribution is 2.24. The fraction of sp³-hybridized carbons (Fsp3) is 0.500. The number of hydrogen-bond donors (Lipinski definition) is 1. The van der Waals surface area contributed by atoms with Crippen LogP contribution in [0.4, 0.5) is 4.39 Å². The topological polar surface area (TPSA) is 45.5 Å². The lowest BCUT2D eigenvalue weighted by Crippen LogP contribution is -2.49. The van der Waals surface area contributed by atoms with Crippen molar-refractivity contribution in [3.63, 3.8) is 0 Å². The highest BCUT2D eigenvalue weighted by molar-refractivity contribution is 8.00. The van der Waals surface area contributed by atoms with Gasteiger partial charge >= 0.3 is 0 Å². The van der Waals surface area contributed by atoms with Gasteiger partial charge in [-0.1, -0.05) is 13.8 Å². The van der Waals surface area contributed by atoms with Gasteiger partial charge in [0.25, 0.3) is 0 Å². The Morgan fingerprint density at radius 3 is 2.81 bits per heavy atom. The first-order chi connectivity index (χ1) is 13.1. The Hall–Kier alpha value is -2.02. The van der Waals surface area contributed by atoms with Gasteiger partial charge in [-0.2, -0.15) is 16.9 Å². The summed E-state index contributed by atoms with van der Waals surface area (Å²) in [6, 6.07) is 8.35. The van der Waals surface area contributed by atoms with Crippen molar-refractivity contribution in [1.29, 1.82) is 0 Å². The quantitative estimate of drug-likeness (QED) is 0.630. The summed E-state index contributed by atoms with van der Waals surface area (Å²) in [6.45, 7) is 7.43. The minimum absolute atomic E-state index is 0.238. The SMILES string of the molecule is CN=C(NCCc1ccn(-c2ccc(F)cc2)n1)N1CCSC(C(C)C)C1. The van der Waals surface area contributed by atoms with Crippen LogP contribution in [0.25, 0.3) is 5.69 Å². The van der Waals surface area contributed by atoms with Crippen molar-refractivity contribution < 1.29 is 4.39 Å². The first-order valence-corrected chi connectivity index (χ1v) is 10.5. The van der Waals surface area contributed by atoms with E-state index < -0.39 is 0 Å². The average Bonchev–Trinajstić information content (AvgIpc) is 3.15. The maximum absolute atomic E-state index is 13.1. The molecule has 1 aromatic heterocycles. The third-order valence-corrected chi connectivity index (χ3v) is 6.29. The second-order valence-corrected chi connectivity index (χ2v) is 8.40. The molecule has 0 amide bonds. The average molecular weight is 390 g/mol. The molecule has 5 nitrogen and oxygen atoms in total. The van der Waals surface area contributed by atoms with E-state index in [0.717, 1.165) is 49.1 Å². The minimum Gasteiger partial charge on any atom is -0.356 e. The molecule has 0 saturated carbocycles. The summed E-state index contributed by atoms with van der Waals surface area (Å²) < 4.78 is 14.8. The summed E-state index contributed by atoms with van der Waals surface area (Å²) in [5.41, 5.74) is 1.86. The summed E-state index contributed by atoms with van der Waals surface area (Å²) in [5.74, 6) is 2.55. The lowest BCUT2D eigenvalue weighted by atomic mass is 10.1. The predicted molar refractivity (Wildman–Crippen MR) is 111 cm³/mol. The second kappa shape index (κ2) is 9.26. The molecule has 0 spiro atoms. The summed E-state index contributed by atoms with van der Waals surface area (Å²) >= 11 is 2.06. The van der Waals surface area contributed by atoms with Crippen molar-refractivity contribution in [2.24, 2.45) is 10.9 Å². The van der Waals surface area contributed by atoms with Crippen molar-refractivity contribution in [3.8, 4) is 5.69 Å². The van der Waals surface area contributed by atoms with Crippen molar-refractivity contribution in [2.75, 3.05) is 32.4 Å². The van der Waals surface area contributed by atoms with Gasteiger partial charge in [0.15, 0.2) is 5.96 Å². The Bertz CT molecular complexity index is 756. The molecule has 1 aliphatic rings. The first-order valence-electron chi connectivity index (χ1n) is 9.44. The van der Waals surface area contributed by atoms with Crippen LogP contribution in [0.1, 0.15) is 19.5 Å². The molecule has 2 aromatic rings. The minimum atomic E-state index is -0.238. The molecule has 0 bridgehead atoms. The van der Waals surface area contributed by atoms with Crippen LogP contribution in [0, 0.1) is 11.7 Å². The standard InChI is InChI=1S/C20H28FN5S/c1-15(2)19-14-25(12-13-27-19)20(22-3)23-10-8-17-9-11-26(24-17)18-6-4-16(21)5-7-18/h4-7,9,11,15,19H,8,10,12-14H2,1-3H3,(H,22,23). The Balaban J connectivity index is 1.52. The Morgan fingerprint density at radius 1 is 1.33 bits per heavy atom. The Morgan fingerprint density at radius 2 is 2.11 bits per heavy atom. The maximum atomic E-state index is 13.1. The van der Waals surface area contributed by atoms with Gasteiger partial charge in [0.1, 0.15) is 5.82 Å². The molecule has 2 heterocycles. The van der Waals surface area contributed by atoms with E-state index in [1.54, 1.807) is 16.8 Å². The summed E-state index contributed by atoms with van der Waals surface area (Å²) in [7, 11) is 1.84. The van der Waals surface area contributed by atoms with Crippen LogP contribution in [0.15, 0.2) is 41.5 Å². The molecular weight excluding hydrogens is 361 g/mol. The smallest absolute Gasteiger partial charge is 0.193 e. The van der Waals surface area contributed by atoms with Crippen LogP contribution >= 0.6 is 11.8 Å². The van der Waals surface area contributed by atoms with Crippen LogP contribution in [0.5, 0.6) is 0 Å². The fourth-order valence-electron chi connectivity index (χ4n) is 3.14. The van der Waals surface area contributed by atoms with Crippen LogP contribution in [-0.4, -0.2) is 58.3 Å². The highest BCUT2D eigenvalue weighted by atomic mass is 32.2. The molecule has 7 heteroatoms. The number of rotatable bonds is 5. The number of hydrogen-bond acceptors (Lipinski definition) is 3. The Labute approximate surface area is 165 Å². The zero-order valence-electron chi connectivity index (χ0n) is 16.2. The van der Waals surface area contributed by atoms with Crippen molar-refractivity contribution in [3.05, 3.63) is 48.0 Å². The van der Waals surface area contributed by atoms with E-state index in [9.17, 15) is 4.39 Å². The molecule has 3 rings (SSSR count). The van der Waals surface area contributed by atoms with Crippen molar-refractivity contribution in [2.45, 2.75) is 25.5 Å². The van der Waals surface area contributed by atoms with Gasteiger partial charge in [-0.25, -0.2) is 9.07 Å². The number of nitrogens with one attached hydrogen (secondary N) is 1. The molecule has 1 unspecified atom stereocenters. The highest BCUT2D eigenvalue weighted by Gasteiger charge is 2.24. The normalized spacial score (nSPS) is 18.2. The van der Waals surface area contributed by atoms with Gasteiger partial charge < -0.3 is 10.2 Å². The van der Waals surface area contributed by atoms with E-state index in [-0.39, 0.29) is 5.82 Å². The summed E-state index contributed by atoms with van der Waals surface area (Å²) in [6.07, 6.45) is 2.72. The molecule has 0 aliphatic carbocycles. The van der Waals surface area contributed by atoms with Crippen molar-refractivity contribution in [1.82, 2.24) is 20.0 Å². The van der Waals surface area contributed by atoms with E-state index in [1.807, 2.05) is 19.3 Å². The van der Waals surface area contributed by atoms with Gasteiger partial charge in [0, 0.05) is 50.3 Å². The number of aromatic nitrogens is 2. The third kappa shape index (κ3) is 5.25. The molecule has 0 radical (unpaired) electrons. The fourth-order valence-corrected chi connectivity index (χ4v) is 4.44. The van der Waals surface area contributed by atoms with E-state index in [0.29, 0.717) is 11.2 Å². The molecule has 27 heavy (non-hydrogen) atoms. The zero-order chi connectivity index (χ0) is 19.2. The second-order valence-electron chi connectivity index (χ2n) is 7.05. The monoisotopic (exact) mass is 389 g/mol. The molecule has 1 aliphatic heterocycles. The number of aliphatic imine (C=N–C) groups is 1. The molecule has 1 aromatic carbocycles. The number of nitrogens with zero attached hydrogens (tertiary/aromatic N) is 4.